The zero-order chi connectivity index (χ0) is 17.7. The Bertz CT molecular complexity index is 717. The minimum atomic E-state index is -0.289. The number of carbonyl (C=O) groups is 2. The molecule has 4 nitrogen and oxygen atoms in total. The van der Waals surface area contributed by atoms with Crippen LogP contribution in [0.5, 0.6) is 0 Å². The molecule has 2 aromatic rings. The summed E-state index contributed by atoms with van der Waals surface area (Å²) in [6, 6.07) is 14.0. The van der Waals surface area contributed by atoms with Crippen LogP contribution in [0.15, 0.2) is 48.5 Å². The molecule has 2 amide bonds. The Morgan fingerprint density at radius 2 is 1.54 bits per heavy atom. The van der Waals surface area contributed by atoms with Crippen LogP contribution in [0.25, 0.3) is 0 Å². The summed E-state index contributed by atoms with van der Waals surface area (Å²) in [4.78, 5) is 24.1. The Morgan fingerprint density at radius 1 is 0.958 bits per heavy atom. The normalized spacial score (nSPS) is 11.0. The molecule has 0 heterocycles. The lowest BCUT2D eigenvalue weighted by atomic mass is 10.1. The zero-order valence-corrected chi connectivity index (χ0v) is 14.8. The first kappa shape index (κ1) is 18.0. The molecular weight excluding hydrogens is 324 g/mol. The third kappa shape index (κ3) is 5.70. The number of anilines is 1. The van der Waals surface area contributed by atoms with Gasteiger partial charge in [0, 0.05) is 21.8 Å². The molecule has 5 heteroatoms. The first-order valence-corrected chi connectivity index (χ1v) is 8.08. The van der Waals surface area contributed by atoms with Crippen molar-refractivity contribution in [3.8, 4) is 0 Å². The Hall–Kier alpha value is -2.33. The lowest BCUT2D eigenvalue weighted by Crippen LogP contribution is -2.40. The molecule has 0 fully saturated rings. The van der Waals surface area contributed by atoms with E-state index >= 15 is 0 Å². The van der Waals surface area contributed by atoms with Gasteiger partial charge in [-0.25, -0.2) is 0 Å². The molecular formula is C19H21ClN2O2. The summed E-state index contributed by atoms with van der Waals surface area (Å²) < 4.78 is 0. The second-order valence-electron chi connectivity index (χ2n) is 6.63. The topological polar surface area (TPSA) is 58.2 Å². The van der Waals surface area contributed by atoms with Gasteiger partial charge in [-0.1, -0.05) is 23.7 Å². The van der Waals surface area contributed by atoms with Crippen LogP contribution in [0.1, 0.15) is 36.7 Å². The van der Waals surface area contributed by atoms with Crippen molar-refractivity contribution in [3.63, 3.8) is 0 Å². The second kappa shape index (κ2) is 7.49. The van der Waals surface area contributed by atoms with E-state index in [0.717, 1.165) is 5.56 Å². The molecule has 0 atom stereocenters. The van der Waals surface area contributed by atoms with Crippen LogP contribution in [-0.4, -0.2) is 17.4 Å². The van der Waals surface area contributed by atoms with Crippen molar-refractivity contribution in [1.82, 2.24) is 5.32 Å². The highest BCUT2D eigenvalue weighted by molar-refractivity contribution is 6.30. The molecule has 24 heavy (non-hydrogen) atoms. The number of halogens is 1. The predicted molar refractivity (Wildman–Crippen MR) is 97.4 cm³/mol. The summed E-state index contributed by atoms with van der Waals surface area (Å²) in [5, 5.41) is 6.35. The number of nitrogens with one attached hydrogen (secondary N) is 2. The molecule has 0 aliphatic heterocycles. The minimum Gasteiger partial charge on any atom is -0.347 e. The molecule has 0 aromatic heterocycles. The number of hydrogen-bond donors (Lipinski definition) is 2. The lowest BCUT2D eigenvalue weighted by Gasteiger charge is -2.20. The molecule has 2 rings (SSSR count). The quantitative estimate of drug-likeness (QED) is 0.879. The van der Waals surface area contributed by atoms with Gasteiger partial charge in [0.25, 0.3) is 5.91 Å². The first-order valence-electron chi connectivity index (χ1n) is 7.70. The molecule has 2 aromatic carbocycles. The summed E-state index contributed by atoms with van der Waals surface area (Å²) in [5.41, 5.74) is 1.81. The summed E-state index contributed by atoms with van der Waals surface area (Å²) in [6.45, 7) is 5.78. The maximum Gasteiger partial charge on any atom is 0.251 e. The van der Waals surface area contributed by atoms with Gasteiger partial charge in [0.05, 0.1) is 6.42 Å². The van der Waals surface area contributed by atoms with E-state index in [-0.39, 0.29) is 23.8 Å². The van der Waals surface area contributed by atoms with E-state index in [9.17, 15) is 9.59 Å². The average molecular weight is 345 g/mol. The molecule has 0 saturated heterocycles. The lowest BCUT2D eigenvalue weighted by molar-refractivity contribution is -0.115. The molecule has 0 unspecified atom stereocenters. The highest BCUT2D eigenvalue weighted by Gasteiger charge is 2.15. The highest BCUT2D eigenvalue weighted by Crippen LogP contribution is 2.13. The summed E-state index contributed by atoms with van der Waals surface area (Å²) >= 11 is 5.83. The summed E-state index contributed by atoms with van der Waals surface area (Å²) in [7, 11) is 0. The molecule has 0 radical (unpaired) electrons. The predicted octanol–water partition coefficient (Wildman–Crippen LogP) is 4.05. The van der Waals surface area contributed by atoms with Gasteiger partial charge in [-0.3, -0.25) is 9.59 Å². The fraction of sp³-hybridized carbons (Fsp3) is 0.263. The number of amides is 2. The van der Waals surface area contributed by atoms with Gasteiger partial charge in [-0.2, -0.15) is 0 Å². The third-order valence-corrected chi connectivity index (χ3v) is 3.45. The van der Waals surface area contributed by atoms with Crippen molar-refractivity contribution in [1.29, 1.82) is 0 Å². The van der Waals surface area contributed by atoms with Crippen LogP contribution < -0.4 is 10.6 Å². The molecule has 0 spiro atoms. The number of rotatable bonds is 4. The van der Waals surface area contributed by atoms with Crippen molar-refractivity contribution < 1.29 is 9.59 Å². The van der Waals surface area contributed by atoms with Crippen LogP contribution in [0, 0.1) is 0 Å². The van der Waals surface area contributed by atoms with Crippen molar-refractivity contribution in [2.24, 2.45) is 0 Å². The van der Waals surface area contributed by atoms with E-state index in [1.165, 1.54) is 0 Å². The van der Waals surface area contributed by atoms with Gasteiger partial charge in [0.1, 0.15) is 0 Å². The number of carbonyl (C=O) groups excluding carboxylic acids is 2. The van der Waals surface area contributed by atoms with Crippen LogP contribution in [0.2, 0.25) is 5.02 Å². The largest absolute Gasteiger partial charge is 0.347 e. The Labute approximate surface area is 147 Å². The Morgan fingerprint density at radius 3 is 2.08 bits per heavy atom. The van der Waals surface area contributed by atoms with E-state index in [0.29, 0.717) is 16.3 Å². The molecule has 0 bridgehead atoms. The van der Waals surface area contributed by atoms with Crippen LogP contribution in [0.4, 0.5) is 5.69 Å². The second-order valence-corrected chi connectivity index (χ2v) is 7.07. The first-order chi connectivity index (χ1) is 11.2. The van der Waals surface area contributed by atoms with Gasteiger partial charge in [0.2, 0.25) is 5.91 Å². The summed E-state index contributed by atoms with van der Waals surface area (Å²) in [6.07, 6.45) is 0.267. The number of benzene rings is 2. The fourth-order valence-electron chi connectivity index (χ4n) is 2.11. The molecule has 2 N–H and O–H groups in total. The van der Waals surface area contributed by atoms with Crippen molar-refractivity contribution in [2.45, 2.75) is 32.7 Å². The molecule has 0 saturated carbocycles. The van der Waals surface area contributed by atoms with E-state index in [1.54, 1.807) is 36.4 Å². The Balaban J connectivity index is 1.94. The Kier molecular flexibility index (Phi) is 5.62. The van der Waals surface area contributed by atoms with E-state index in [4.69, 9.17) is 11.6 Å². The standard InChI is InChI=1S/C19H21ClN2O2/c1-19(2,3)22-18(24)14-6-10-16(11-7-14)21-17(23)12-13-4-8-15(20)9-5-13/h4-11H,12H2,1-3H3,(H,21,23)(H,22,24). The van der Waals surface area contributed by atoms with Crippen molar-refractivity contribution in [3.05, 3.63) is 64.7 Å². The van der Waals surface area contributed by atoms with E-state index in [2.05, 4.69) is 10.6 Å². The smallest absolute Gasteiger partial charge is 0.251 e. The van der Waals surface area contributed by atoms with Crippen molar-refractivity contribution in [2.75, 3.05) is 5.32 Å². The monoisotopic (exact) mass is 344 g/mol. The average Bonchev–Trinajstić information content (AvgIpc) is 2.48. The fourth-order valence-corrected chi connectivity index (χ4v) is 2.24. The van der Waals surface area contributed by atoms with Gasteiger partial charge in [-0.05, 0) is 62.7 Å². The molecule has 0 aliphatic carbocycles. The van der Waals surface area contributed by atoms with E-state index in [1.807, 2.05) is 32.9 Å². The molecule has 126 valence electrons. The van der Waals surface area contributed by atoms with E-state index < -0.39 is 0 Å². The van der Waals surface area contributed by atoms with Gasteiger partial charge >= 0.3 is 0 Å². The third-order valence-electron chi connectivity index (χ3n) is 3.20. The van der Waals surface area contributed by atoms with Gasteiger partial charge in [-0.15, -0.1) is 0 Å². The number of hydrogen-bond acceptors (Lipinski definition) is 2. The maximum atomic E-state index is 12.1. The van der Waals surface area contributed by atoms with Crippen LogP contribution >= 0.6 is 11.6 Å². The zero-order valence-electron chi connectivity index (χ0n) is 14.0. The summed E-state index contributed by atoms with van der Waals surface area (Å²) in [5.74, 6) is -0.259. The minimum absolute atomic E-state index is 0.121. The van der Waals surface area contributed by atoms with Crippen LogP contribution in [0.3, 0.4) is 0 Å². The van der Waals surface area contributed by atoms with Gasteiger partial charge in [0.15, 0.2) is 0 Å². The van der Waals surface area contributed by atoms with Crippen molar-refractivity contribution >= 4 is 29.1 Å². The maximum absolute atomic E-state index is 12.1. The SMILES string of the molecule is CC(C)(C)NC(=O)c1ccc(NC(=O)Cc2ccc(Cl)cc2)cc1. The van der Waals surface area contributed by atoms with Gasteiger partial charge < -0.3 is 10.6 Å². The van der Waals surface area contributed by atoms with Crippen LogP contribution in [-0.2, 0) is 11.2 Å². The molecule has 0 aliphatic rings. The highest BCUT2D eigenvalue weighted by atomic mass is 35.5.